The molecule has 0 fully saturated rings. The normalized spacial score (nSPS) is 14.3. The van der Waals surface area contributed by atoms with Gasteiger partial charge in [-0.2, -0.15) is 0 Å². The second-order valence-corrected chi connectivity index (χ2v) is 4.82. The molecule has 0 saturated carbocycles. The largest absolute Gasteiger partial charge is 0.356 e. The smallest absolute Gasteiger partial charge is 0.177 e. The molecule has 1 heterocycles. The number of carbonyl (C=O) groups is 1. The molecular weight excluding hydrogens is 226 g/mol. The molecule has 0 aliphatic heterocycles. The first-order valence-corrected chi connectivity index (χ1v) is 6.33. The fraction of sp³-hybridized carbons (Fsp3) is 0.333. The Balaban J connectivity index is 2.06. The van der Waals surface area contributed by atoms with Gasteiger partial charge in [-0.3, -0.25) is 4.79 Å². The van der Waals surface area contributed by atoms with E-state index in [9.17, 15) is 4.79 Å². The van der Waals surface area contributed by atoms with Gasteiger partial charge >= 0.3 is 0 Å². The highest BCUT2D eigenvalue weighted by atomic mass is 16.5. The van der Waals surface area contributed by atoms with Crippen LogP contribution in [0.2, 0.25) is 0 Å². The molecule has 0 spiro atoms. The third kappa shape index (κ3) is 1.86. The summed E-state index contributed by atoms with van der Waals surface area (Å²) in [6.45, 7) is 1.54. The zero-order valence-corrected chi connectivity index (χ0v) is 10.4. The van der Waals surface area contributed by atoms with E-state index in [-0.39, 0.29) is 5.78 Å². The van der Waals surface area contributed by atoms with Crippen LogP contribution in [0.15, 0.2) is 28.9 Å². The molecule has 0 saturated heterocycles. The number of ketones is 1. The Morgan fingerprint density at radius 1 is 1.22 bits per heavy atom. The molecule has 1 aliphatic rings. The predicted octanol–water partition coefficient (Wildman–Crippen LogP) is 3.42. The van der Waals surface area contributed by atoms with E-state index >= 15 is 0 Å². The van der Waals surface area contributed by atoms with E-state index in [0.29, 0.717) is 11.3 Å². The SMILES string of the molecule is CC(=O)c1cnoc1-c1ccc2c(c1)CCCC2. The average molecular weight is 241 g/mol. The van der Waals surface area contributed by atoms with E-state index in [2.05, 4.69) is 17.3 Å². The van der Waals surface area contributed by atoms with Crippen LogP contribution >= 0.6 is 0 Å². The van der Waals surface area contributed by atoms with Crippen molar-refractivity contribution in [3.63, 3.8) is 0 Å². The zero-order chi connectivity index (χ0) is 12.5. The highest BCUT2D eigenvalue weighted by molar-refractivity contribution is 5.99. The van der Waals surface area contributed by atoms with Crippen LogP contribution in [0.1, 0.15) is 41.3 Å². The van der Waals surface area contributed by atoms with Crippen LogP contribution in [-0.2, 0) is 12.8 Å². The first kappa shape index (κ1) is 11.2. The van der Waals surface area contributed by atoms with Crippen molar-refractivity contribution in [1.29, 1.82) is 0 Å². The summed E-state index contributed by atoms with van der Waals surface area (Å²) in [6, 6.07) is 6.31. The molecule has 0 bridgehead atoms. The summed E-state index contributed by atoms with van der Waals surface area (Å²) in [5.41, 5.74) is 4.32. The number of aryl methyl sites for hydroxylation is 2. The lowest BCUT2D eigenvalue weighted by Crippen LogP contribution is -2.02. The predicted molar refractivity (Wildman–Crippen MR) is 68.6 cm³/mol. The van der Waals surface area contributed by atoms with Gasteiger partial charge in [0.1, 0.15) is 0 Å². The first-order valence-electron chi connectivity index (χ1n) is 6.33. The number of carbonyl (C=O) groups excluding carboxylic acids is 1. The van der Waals surface area contributed by atoms with Crippen molar-refractivity contribution in [2.24, 2.45) is 0 Å². The van der Waals surface area contributed by atoms with Crippen LogP contribution in [0.4, 0.5) is 0 Å². The molecular formula is C15H15NO2. The molecule has 3 rings (SSSR count). The summed E-state index contributed by atoms with van der Waals surface area (Å²) < 4.78 is 5.23. The van der Waals surface area contributed by atoms with Crippen molar-refractivity contribution < 1.29 is 9.32 Å². The minimum atomic E-state index is -0.0102. The van der Waals surface area contributed by atoms with Gasteiger partial charge in [-0.1, -0.05) is 17.3 Å². The summed E-state index contributed by atoms with van der Waals surface area (Å²) in [4.78, 5) is 11.5. The monoisotopic (exact) mass is 241 g/mol. The average Bonchev–Trinajstić information content (AvgIpc) is 2.87. The van der Waals surface area contributed by atoms with Gasteiger partial charge in [-0.15, -0.1) is 0 Å². The van der Waals surface area contributed by atoms with Gasteiger partial charge in [0.05, 0.1) is 11.8 Å². The van der Waals surface area contributed by atoms with Gasteiger partial charge in [0.25, 0.3) is 0 Å². The molecule has 1 aliphatic carbocycles. The number of fused-ring (bicyclic) bond motifs is 1. The van der Waals surface area contributed by atoms with Crippen molar-refractivity contribution in [2.45, 2.75) is 32.6 Å². The molecule has 92 valence electrons. The lowest BCUT2D eigenvalue weighted by atomic mass is 9.89. The number of Topliss-reactive ketones (excluding diaryl/α,β-unsaturated/α-hetero) is 1. The van der Waals surface area contributed by atoms with E-state index in [0.717, 1.165) is 18.4 Å². The Morgan fingerprint density at radius 3 is 2.78 bits per heavy atom. The molecule has 0 N–H and O–H groups in total. The summed E-state index contributed by atoms with van der Waals surface area (Å²) in [7, 11) is 0. The minimum Gasteiger partial charge on any atom is -0.356 e. The van der Waals surface area contributed by atoms with Crippen LogP contribution in [0.25, 0.3) is 11.3 Å². The van der Waals surface area contributed by atoms with Gasteiger partial charge in [0, 0.05) is 5.56 Å². The summed E-state index contributed by atoms with van der Waals surface area (Å²) in [5, 5.41) is 3.74. The van der Waals surface area contributed by atoms with Crippen LogP contribution < -0.4 is 0 Å². The van der Waals surface area contributed by atoms with E-state index in [1.165, 1.54) is 37.1 Å². The van der Waals surface area contributed by atoms with Crippen molar-refractivity contribution in [3.05, 3.63) is 41.1 Å². The number of hydrogen-bond acceptors (Lipinski definition) is 3. The van der Waals surface area contributed by atoms with Gasteiger partial charge < -0.3 is 4.52 Å². The molecule has 3 nitrogen and oxygen atoms in total. The molecule has 1 aromatic heterocycles. The number of hydrogen-bond donors (Lipinski definition) is 0. The Kier molecular flexibility index (Phi) is 2.74. The highest BCUT2D eigenvalue weighted by Gasteiger charge is 2.16. The molecule has 2 aromatic rings. The molecule has 1 aromatic carbocycles. The summed E-state index contributed by atoms with van der Waals surface area (Å²) in [6.07, 6.45) is 6.29. The minimum absolute atomic E-state index is 0.0102. The standard InChI is InChI=1S/C15H15NO2/c1-10(17)14-9-16-18-15(14)13-7-6-11-4-2-3-5-12(11)8-13/h6-9H,2-5H2,1H3. The number of aromatic nitrogens is 1. The van der Waals surface area contributed by atoms with Gasteiger partial charge in [0.2, 0.25) is 0 Å². The van der Waals surface area contributed by atoms with Crippen LogP contribution in [0.5, 0.6) is 0 Å². The van der Waals surface area contributed by atoms with Crippen molar-refractivity contribution >= 4 is 5.78 Å². The van der Waals surface area contributed by atoms with Crippen molar-refractivity contribution in [3.8, 4) is 11.3 Å². The van der Waals surface area contributed by atoms with Crippen LogP contribution in [0, 0.1) is 0 Å². The van der Waals surface area contributed by atoms with Crippen molar-refractivity contribution in [2.75, 3.05) is 0 Å². The van der Waals surface area contributed by atoms with E-state index in [1.807, 2.05) is 6.07 Å². The van der Waals surface area contributed by atoms with E-state index < -0.39 is 0 Å². The number of rotatable bonds is 2. The Labute approximate surface area is 106 Å². The molecule has 0 unspecified atom stereocenters. The van der Waals surface area contributed by atoms with Gasteiger partial charge in [0.15, 0.2) is 11.5 Å². The van der Waals surface area contributed by atoms with E-state index in [1.54, 1.807) is 0 Å². The quantitative estimate of drug-likeness (QED) is 0.756. The fourth-order valence-corrected chi connectivity index (χ4v) is 2.57. The molecule has 0 radical (unpaired) electrons. The van der Waals surface area contributed by atoms with Crippen LogP contribution in [0.3, 0.4) is 0 Å². The second-order valence-electron chi connectivity index (χ2n) is 4.82. The molecule has 0 amide bonds. The number of benzene rings is 1. The summed E-state index contributed by atoms with van der Waals surface area (Å²) >= 11 is 0. The Bertz CT molecular complexity index is 598. The molecule has 18 heavy (non-hydrogen) atoms. The van der Waals surface area contributed by atoms with Gasteiger partial charge in [-0.05, 0) is 49.8 Å². The third-order valence-electron chi connectivity index (χ3n) is 3.56. The number of nitrogens with zero attached hydrogens (tertiary/aromatic N) is 1. The highest BCUT2D eigenvalue weighted by Crippen LogP contribution is 2.29. The maximum absolute atomic E-state index is 11.5. The maximum Gasteiger partial charge on any atom is 0.177 e. The lowest BCUT2D eigenvalue weighted by molar-refractivity contribution is 0.101. The van der Waals surface area contributed by atoms with Gasteiger partial charge in [-0.25, -0.2) is 0 Å². The third-order valence-corrected chi connectivity index (χ3v) is 3.56. The molecule has 3 heteroatoms. The van der Waals surface area contributed by atoms with E-state index in [4.69, 9.17) is 4.52 Å². The topological polar surface area (TPSA) is 43.1 Å². The maximum atomic E-state index is 11.5. The first-order chi connectivity index (χ1) is 8.75. The zero-order valence-electron chi connectivity index (χ0n) is 10.4. The Morgan fingerprint density at radius 2 is 2.00 bits per heavy atom. The van der Waals surface area contributed by atoms with Crippen molar-refractivity contribution in [1.82, 2.24) is 5.16 Å². The molecule has 0 atom stereocenters. The second kappa shape index (κ2) is 4.41. The fourth-order valence-electron chi connectivity index (χ4n) is 2.57. The lowest BCUT2D eigenvalue weighted by Gasteiger charge is -2.16. The Hall–Kier alpha value is -1.90. The summed E-state index contributed by atoms with van der Waals surface area (Å²) in [5.74, 6) is 0.583. The van der Waals surface area contributed by atoms with Crippen LogP contribution in [-0.4, -0.2) is 10.9 Å².